The van der Waals surface area contributed by atoms with Gasteiger partial charge < -0.3 is 10.8 Å². The van der Waals surface area contributed by atoms with Crippen molar-refractivity contribution in [2.24, 2.45) is 11.7 Å². The van der Waals surface area contributed by atoms with E-state index < -0.39 is 0 Å². The van der Waals surface area contributed by atoms with E-state index in [2.05, 4.69) is 13.8 Å². The van der Waals surface area contributed by atoms with Crippen LogP contribution in [0.25, 0.3) is 0 Å². The maximum absolute atomic E-state index is 9.76. The Kier molecular flexibility index (Phi) is 4.63. The lowest BCUT2D eigenvalue weighted by Gasteiger charge is -2.21. The zero-order chi connectivity index (χ0) is 12.3. The summed E-state index contributed by atoms with van der Waals surface area (Å²) in [5.74, 6) is 1.11. The van der Waals surface area contributed by atoms with Crippen LogP contribution in [-0.2, 0) is 0 Å². The molecule has 0 aliphatic heterocycles. The van der Waals surface area contributed by atoms with Gasteiger partial charge >= 0.3 is 0 Å². The summed E-state index contributed by atoms with van der Waals surface area (Å²) in [6, 6.07) is 3.75. The number of hydrogen-bond acceptors (Lipinski definition) is 2. The Morgan fingerprint density at radius 2 is 2.00 bits per heavy atom. The molecule has 16 heavy (non-hydrogen) atoms. The normalized spacial score (nSPS) is 13.1. The number of phenolic OH excluding ortho intramolecular Hbond substituents is 1. The maximum atomic E-state index is 9.76. The molecule has 2 nitrogen and oxygen atoms in total. The molecule has 0 bridgehead atoms. The molecule has 1 atom stereocenters. The van der Waals surface area contributed by atoms with Crippen LogP contribution in [-0.4, -0.2) is 11.7 Å². The van der Waals surface area contributed by atoms with Crippen LogP contribution in [0.5, 0.6) is 5.75 Å². The molecule has 1 unspecified atom stereocenters. The van der Waals surface area contributed by atoms with Gasteiger partial charge in [0.15, 0.2) is 0 Å². The average Bonchev–Trinajstić information content (AvgIpc) is 2.21. The Labute approximate surface area is 102 Å². The largest absolute Gasteiger partial charge is 0.508 e. The minimum absolute atomic E-state index is 0.269. The third-order valence-corrected chi connectivity index (χ3v) is 3.44. The van der Waals surface area contributed by atoms with E-state index in [4.69, 9.17) is 17.3 Å². The van der Waals surface area contributed by atoms with E-state index in [-0.39, 0.29) is 5.75 Å². The van der Waals surface area contributed by atoms with Crippen molar-refractivity contribution in [3.8, 4) is 5.75 Å². The third-order valence-electron chi connectivity index (χ3n) is 3.05. The molecule has 0 amide bonds. The van der Waals surface area contributed by atoms with Crippen LogP contribution in [0.1, 0.15) is 37.3 Å². The standard InChI is InChI=1S/C13H20ClNO/c1-8(2)11(4-5-15)10-6-12(14)9(3)13(16)7-10/h6-8,11,16H,4-5,15H2,1-3H3. The molecule has 0 aliphatic carbocycles. The highest BCUT2D eigenvalue weighted by Gasteiger charge is 2.17. The van der Waals surface area contributed by atoms with Gasteiger partial charge in [-0.05, 0) is 49.4 Å². The Morgan fingerprint density at radius 1 is 1.38 bits per heavy atom. The molecule has 0 radical (unpaired) electrons. The number of halogens is 1. The molecule has 0 heterocycles. The molecule has 0 spiro atoms. The summed E-state index contributed by atoms with van der Waals surface area (Å²) in [5, 5.41) is 10.4. The average molecular weight is 242 g/mol. The Bertz CT molecular complexity index is 340. The monoisotopic (exact) mass is 241 g/mol. The fraction of sp³-hybridized carbons (Fsp3) is 0.538. The fourth-order valence-corrected chi connectivity index (χ4v) is 2.19. The first-order valence-corrected chi connectivity index (χ1v) is 6.04. The molecule has 1 rings (SSSR count). The Hall–Kier alpha value is -0.730. The molecule has 0 saturated carbocycles. The predicted octanol–water partition coefficient (Wildman–Crippen LogP) is 3.44. The second-order valence-electron chi connectivity index (χ2n) is 4.57. The highest BCUT2D eigenvalue weighted by Crippen LogP contribution is 2.34. The van der Waals surface area contributed by atoms with Crippen molar-refractivity contribution in [2.75, 3.05) is 6.54 Å². The van der Waals surface area contributed by atoms with Crippen molar-refractivity contribution in [1.29, 1.82) is 0 Å². The Morgan fingerprint density at radius 3 is 2.44 bits per heavy atom. The quantitative estimate of drug-likeness (QED) is 0.848. The van der Waals surface area contributed by atoms with E-state index in [1.54, 1.807) is 0 Å². The summed E-state index contributed by atoms with van der Waals surface area (Å²) in [5.41, 5.74) is 7.43. The van der Waals surface area contributed by atoms with Crippen molar-refractivity contribution in [2.45, 2.75) is 33.1 Å². The first-order valence-electron chi connectivity index (χ1n) is 5.66. The zero-order valence-electron chi connectivity index (χ0n) is 10.1. The fourth-order valence-electron chi connectivity index (χ4n) is 1.96. The van der Waals surface area contributed by atoms with Gasteiger partial charge in [0.05, 0.1) is 0 Å². The SMILES string of the molecule is Cc1c(O)cc(C(CCN)C(C)C)cc1Cl. The first kappa shape index (κ1) is 13.3. The summed E-state index contributed by atoms with van der Waals surface area (Å²) in [6.45, 7) is 6.78. The van der Waals surface area contributed by atoms with Crippen LogP contribution in [0.2, 0.25) is 5.02 Å². The third kappa shape index (κ3) is 2.89. The predicted molar refractivity (Wildman–Crippen MR) is 69.1 cm³/mol. The van der Waals surface area contributed by atoms with Gasteiger partial charge in [0.2, 0.25) is 0 Å². The van der Waals surface area contributed by atoms with Gasteiger partial charge in [-0.25, -0.2) is 0 Å². The van der Waals surface area contributed by atoms with Crippen molar-refractivity contribution in [3.63, 3.8) is 0 Å². The van der Waals surface area contributed by atoms with Crippen LogP contribution in [0.4, 0.5) is 0 Å². The molecule has 3 N–H and O–H groups in total. The zero-order valence-corrected chi connectivity index (χ0v) is 10.9. The topological polar surface area (TPSA) is 46.2 Å². The lowest BCUT2D eigenvalue weighted by atomic mass is 9.85. The lowest BCUT2D eigenvalue weighted by molar-refractivity contribution is 0.455. The summed E-state index contributed by atoms with van der Waals surface area (Å²) >= 11 is 6.08. The second-order valence-corrected chi connectivity index (χ2v) is 4.98. The summed E-state index contributed by atoms with van der Waals surface area (Å²) < 4.78 is 0. The van der Waals surface area contributed by atoms with Crippen LogP contribution >= 0.6 is 11.6 Å². The molecule has 0 fully saturated rings. The molecular weight excluding hydrogens is 222 g/mol. The molecule has 0 aliphatic rings. The number of phenols is 1. The van der Waals surface area contributed by atoms with Crippen LogP contribution < -0.4 is 5.73 Å². The van der Waals surface area contributed by atoms with E-state index in [9.17, 15) is 5.11 Å². The van der Waals surface area contributed by atoms with Crippen molar-refractivity contribution < 1.29 is 5.11 Å². The van der Waals surface area contributed by atoms with E-state index in [0.29, 0.717) is 23.4 Å². The van der Waals surface area contributed by atoms with Gasteiger partial charge in [-0.2, -0.15) is 0 Å². The van der Waals surface area contributed by atoms with Crippen molar-refractivity contribution >= 4 is 11.6 Å². The Balaban J connectivity index is 3.10. The minimum atomic E-state index is 0.269. The number of benzene rings is 1. The maximum Gasteiger partial charge on any atom is 0.120 e. The number of aromatic hydroxyl groups is 1. The van der Waals surface area contributed by atoms with Gasteiger partial charge in [0, 0.05) is 10.6 Å². The number of nitrogens with two attached hydrogens (primary N) is 1. The van der Waals surface area contributed by atoms with Crippen LogP contribution in [0, 0.1) is 12.8 Å². The van der Waals surface area contributed by atoms with Gasteiger partial charge in [-0.3, -0.25) is 0 Å². The summed E-state index contributed by atoms with van der Waals surface area (Å²) in [4.78, 5) is 0. The highest BCUT2D eigenvalue weighted by atomic mass is 35.5. The smallest absolute Gasteiger partial charge is 0.120 e. The van der Waals surface area contributed by atoms with Gasteiger partial charge in [0.25, 0.3) is 0 Å². The van der Waals surface area contributed by atoms with Gasteiger partial charge in [-0.1, -0.05) is 25.4 Å². The molecule has 0 saturated heterocycles. The summed E-state index contributed by atoms with van der Waals surface area (Å²) in [6.07, 6.45) is 0.913. The number of rotatable bonds is 4. The molecule has 1 aromatic carbocycles. The number of hydrogen-bond donors (Lipinski definition) is 2. The van der Waals surface area contributed by atoms with E-state index in [0.717, 1.165) is 17.5 Å². The van der Waals surface area contributed by atoms with Gasteiger partial charge in [0.1, 0.15) is 5.75 Å². The molecule has 1 aromatic rings. The molecule has 90 valence electrons. The van der Waals surface area contributed by atoms with Crippen molar-refractivity contribution in [1.82, 2.24) is 0 Å². The molecule has 3 heteroatoms. The first-order chi connectivity index (χ1) is 7.47. The second kappa shape index (κ2) is 5.55. The molecule has 0 aromatic heterocycles. The van der Waals surface area contributed by atoms with Crippen LogP contribution in [0.15, 0.2) is 12.1 Å². The highest BCUT2D eigenvalue weighted by molar-refractivity contribution is 6.31. The van der Waals surface area contributed by atoms with Gasteiger partial charge in [-0.15, -0.1) is 0 Å². The summed E-state index contributed by atoms with van der Waals surface area (Å²) in [7, 11) is 0. The van der Waals surface area contributed by atoms with E-state index >= 15 is 0 Å². The van der Waals surface area contributed by atoms with E-state index in [1.807, 2.05) is 19.1 Å². The van der Waals surface area contributed by atoms with Crippen molar-refractivity contribution in [3.05, 3.63) is 28.3 Å². The van der Waals surface area contributed by atoms with E-state index in [1.165, 1.54) is 0 Å². The van der Waals surface area contributed by atoms with Crippen LogP contribution in [0.3, 0.4) is 0 Å². The molecular formula is C13H20ClNO. The minimum Gasteiger partial charge on any atom is -0.508 e. The lowest BCUT2D eigenvalue weighted by Crippen LogP contribution is -2.12.